The predicted octanol–water partition coefficient (Wildman–Crippen LogP) is 6.49. The van der Waals surface area contributed by atoms with Gasteiger partial charge in [0.05, 0.1) is 36.7 Å². The lowest BCUT2D eigenvalue weighted by molar-refractivity contribution is 0.0198. The lowest BCUT2D eigenvalue weighted by Crippen LogP contribution is -2.42. The second-order valence-electron chi connectivity index (χ2n) is 12.7. The molecule has 9 nitrogen and oxygen atoms in total. The highest BCUT2D eigenvalue weighted by Gasteiger charge is 2.30. The highest BCUT2D eigenvalue weighted by atomic mass is 19.1. The Morgan fingerprint density at radius 3 is 2.51 bits per heavy atom. The van der Waals surface area contributed by atoms with Crippen molar-refractivity contribution in [1.29, 1.82) is 0 Å². The van der Waals surface area contributed by atoms with Crippen LogP contribution in [0.3, 0.4) is 0 Å². The maximum absolute atomic E-state index is 14.9. The van der Waals surface area contributed by atoms with Crippen molar-refractivity contribution in [3.63, 3.8) is 0 Å². The highest BCUT2D eigenvalue weighted by molar-refractivity contribution is 6.08. The SMILES string of the molecule is COc1ccc(CN2CCc3c4c(cc(F)cc4nn3-c3ccc(C4CCCN(C(=O)OC(C)(C)C)C4)cc3)C2=O)c(OC)c1. The Labute approximate surface area is 262 Å². The van der Waals surface area contributed by atoms with E-state index in [-0.39, 0.29) is 17.9 Å². The third-order valence-corrected chi connectivity index (χ3v) is 8.51. The van der Waals surface area contributed by atoms with E-state index < -0.39 is 11.4 Å². The first kappa shape index (κ1) is 30.4. The van der Waals surface area contributed by atoms with Crippen LogP contribution in [0.1, 0.15) is 66.7 Å². The fourth-order valence-corrected chi connectivity index (χ4v) is 6.34. The Morgan fingerprint density at radius 1 is 1.02 bits per heavy atom. The molecule has 1 saturated heterocycles. The number of rotatable bonds is 6. The topological polar surface area (TPSA) is 86.1 Å². The quantitative estimate of drug-likeness (QED) is 0.247. The maximum Gasteiger partial charge on any atom is 0.410 e. The van der Waals surface area contributed by atoms with Gasteiger partial charge in [-0.05, 0) is 69.5 Å². The van der Waals surface area contributed by atoms with E-state index in [0.717, 1.165) is 35.3 Å². The number of amides is 2. The van der Waals surface area contributed by atoms with Crippen molar-refractivity contribution < 1.29 is 28.2 Å². The van der Waals surface area contributed by atoms with Crippen LogP contribution in [-0.2, 0) is 17.7 Å². The van der Waals surface area contributed by atoms with Gasteiger partial charge in [0, 0.05) is 61.6 Å². The zero-order chi connectivity index (χ0) is 31.9. The molecule has 10 heteroatoms. The second kappa shape index (κ2) is 12.1. The van der Waals surface area contributed by atoms with Gasteiger partial charge in [-0.25, -0.2) is 13.9 Å². The molecule has 0 saturated carbocycles. The van der Waals surface area contributed by atoms with Crippen molar-refractivity contribution in [2.24, 2.45) is 0 Å². The molecule has 1 unspecified atom stereocenters. The van der Waals surface area contributed by atoms with Crippen LogP contribution in [0.5, 0.6) is 11.5 Å². The number of piperidine rings is 1. The third kappa shape index (κ3) is 6.18. The lowest BCUT2D eigenvalue weighted by atomic mass is 9.90. The van der Waals surface area contributed by atoms with E-state index in [4.69, 9.17) is 19.3 Å². The maximum atomic E-state index is 14.9. The molecule has 0 aliphatic carbocycles. The van der Waals surface area contributed by atoms with Gasteiger partial charge in [0.25, 0.3) is 5.91 Å². The molecule has 3 aromatic carbocycles. The van der Waals surface area contributed by atoms with Crippen LogP contribution in [0.15, 0.2) is 54.6 Å². The molecular formula is C35H39FN4O5. The molecule has 2 aliphatic heterocycles. The van der Waals surface area contributed by atoms with Crippen molar-refractivity contribution in [2.45, 2.75) is 58.1 Å². The summed E-state index contributed by atoms with van der Waals surface area (Å²) in [5.74, 6) is 0.713. The van der Waals surface area contributed by atoms with Gasteiger partial charge in [0.15, 0.2) is 0 Å². The minimum atomic E-state index is -0.537. The van der Waals surface area contributed by atoms with Gasteiger partial charge in [0.1, 0.15) is 22.9 Å². The molecule has 1 aromatic heterocycles. The standard InChI is InChI=1S/C35H39FN4O5/c1-35(2,3)45-34(42)39-15-6-7-23(20-39)22-8-11-26(12-9-22)40-30-14-16-38(21-24-10-13-27(43-4)19-31(24)44-5)33(41)28-17-25(36)18-29(37-40)32(28)30/h8-13,17-19,23H,6-7,14-16,20-21H2,1-5H3. The van der Waals surface area contributed by atoms with E-state index in [0.29, 0.717) is 60.6 Å². The van der Waals surface area contributed by atoms with Crippen molar-refractivity contribution in [3.8, 4) is 17.2 Å². The summed E-state index contributed by atoms with van der Waals surface area (Å²) < 4.78 is 33.2. The molecule has 0 spiro atoms. The Morgan fingerprint density at radius 2 is 1.80 bits per heavy atom. The lowest BCUT2D eigenvalue weighted by Gasteiger charge is -2.34. The number of carbonyl (C=O) groups is 2. The number of aromatic nitrogens is 2. The smallest absolute Gasteiger partial charge is 0.410 e. The molecule has 4 aromatic rings. The largest absolute Gasteiger partial charge is 0.497 e. The highest BCUT2D eigenvalue weighted by Crippen LogP contribution is 2.34. The summed E-state index contributed by atoms with van der Waals surface area (Å²) in [5.41, 5.74) is 3.86. The van der Waals surface area contributed by atoms with E-state index in [9.17, 15) is 14.0 Å². The molecule has 0 N–H and O–H groups in total. The Kier molecular flexibility index (Phi) is 8.16. The first-order chi connectivity index (χ1) is 21.5. The van der Waals surface area contributed by atoms with Crippen molar-refractivity contribution in [3.05, 3.63) is 82.8 Å². The summed E-state index contributed by atoms with van der Waals surface area (Å²) in [7, 11) is 3.17. The summed E-state index contributed by atoms with van der Waals surface area (Å²) in [5, 5.41) is 5.44. The van der Waals surface area contributed by atoms with Gasteiger partial charge < -0.3 is 24.0 Å². The minimum absolute atomic E-state index is 0.195. The van der Waals surface area contributed by atoms with E-state index in [1.807, 2.05) is 49.7 Å². The van der Waals surface area contributed by atoms with Crippen LogP contribution in [-0.4, -0.2) is 71.0 Å². The van der Waals surface area contributed by atoms with Gasteiger partial charge in [0.2, 0.25) is 0 Å². The fourth-order valence-electron chi connectivity index (χ4n) is 6.34. The van der Waals surface area contributed by atoms with Crippen LogP contribution in [0, 0.1) is 5.82 Å². The van der Waals surface area contributed by atoms with Gasteiger partial charge in [-0.3, -0.25) is 4.79 Å². The van der Waals surface area contributed by atoms with Crippen molar-refractivity contribution in [2.75, 3.05) is 33.9 Å². The van der Waals surface area contributed by atoms with Crippen LogP contribution in [0.25, 0.3) is 16.6 Å². The predicted molar refractivity (Wildman–Crippen MR) is 169 cm³/mol. The van der Waals surface area contributed by atoms with E-state index >= 15 is 0 Å². The van der Waals surface area contributed by atoms with Gasteiger partial charge >= 0.3 is 6.09 Å². The molecule has 1 fully saturated rings. The molecule has 1 atom stereocenters. The summed E-state index contributed by atoms with van der Waals surface area (Å²) in [6.45, 7) is 7.65. The van der Waals surface area contributed by atoms with Gasteiger partial charge in [-0.2, -0.15) is 5.10 Å². The number of carbonyl (C=O) groups excluding carboxylic acids is 2. The summed E-state index contributed by atoms with van der Waals surface area (Å²) in [6, 6.07) is 16.4. The normalized spacial score (nSPS) is 16.9. The summed E-state index contributed by atoms with van der Waals surface area (Å²) in [6.07, 6.45) is 2.14. The molecule has 236 valence electrons. The molecule has 3 heterocycles. The molecule has 2 amide bonds. The molecule has 6 rings (SSSR count). The molecule has 0 radical (unpaired) electrons. The average molecular weight is 615 g/mol. The zero-order valence-electron chi connectivity index (χ0n) is 26.4. The van der Waals surface area contributed by atoms with Crippen molar-refractivity contribution >= 4 is 22.9 Å². The van der Waals surface area contributed by atoms with Crippen LogP contribution in [0.4, 0.5) is 9.18 Å². The zero-order valence-corrected chi connectivity index (χ0v) is 26.4. The second-order valence-corrected chi connectivity index (χ2v) is 12.7. The van der Waals surface area contributed by atoms with E-state index in [2.05, 4.69) is 12.1 Å². The van der Waals surface area contributed by atoms with Crippen molar-refractivity contribution in [1.82, 2.24) is 19.6 Å². The number of nitrogens with zero attached hydrogens (tertiary/aromatic N) is 4. The monoisotopic (exact) mass is 614 g/mol. The molecule has 45 heavy (non-hydrogen) atoms. The Balaban J connectivity index is 1.27. The number of likely N-dealkylation sites (tertiary alicyclic amines) is 1. The molecule has 0 bridgehead atoms. The van der Waals surface area contributed by atoms with Crippen LogP contribution in [0.2, 0.25) is 0 Å². The third-order valence-electron chi connectivity index (χ3n) is 8.51. The summed E-state index contributed by atoms with van der Waals surface area (Å²) >= 11 is 0. The number of ether oxygens (including phenoxy) is 3. The van der Waals surface area contributed by atoms with Crippen LogP contribution < -0.4 is 9.47 Å². The number of halogens is 1. The van der Waals surface area contributed by atoms with Gasteiger partial charge in [-0.1, -0.05) is 12.1 Å². The fraction of sp³-hybridized carbons (Fsp3) is 0.400. The molecule has 2 aliphatic rings. The first-order valence-corrected chi connectivity index (χ1v) is 15.3. The number of benzene rings is 3. The van der Waals surface area contributed by atoms with E-state index in [1.54, 1.807) is 30.1 Å². The number of methoxy groups -OCH3 is 2. The Bertz CT molecular complexity index is 1740. The minimum Gasteiger partial charge on any atom is -0.497 e. The Hall–Kier alpha value is -4.60. The summed E-state index contributed by atoms with van der Waals surface area (Å²) in [4.78, 5) is 30.1. The molecular weight excluding hydrogens is 575 g/mol. The van der Waals surface area contributed by atoms with Gasteiger partial charge in [-0.15, -0.1) is 0 Å². The van der Waals surface area contributed by atoms with E-state index in [1.165, 1.54) is 12.1 Å². The average Bonchev–Trinajstić information content (AvgIpc) is 3.33. The first-order valence-electron chi connectivity index (χ1n) is 15.3. The van der Waals surface area contributed by atoms with Crippen LogP contribution >= 0.6 is 0 Å². The number of hydrogen-bond acceptors (Lipinski definition) is 6. The number of hydrogen-bond donors (Lipinski definition) is 0.